The zero-order valence-corrected chi connectivity index (χ0v) is 7.14. The second kappa shape index (κ2) is 1.98. The van der Waals surface area contributed by atoms with Crippen molar-refractivity contribution in [2.75, 3.05) is 26.7 Å². The lowest BCUT2D eigenvalue weighted by Gasteiger charge is -2.50. The summed E-state index contributed by atoms with van der Waals surface area (Å²) in [6, 6.07) is 2.51. The first-order valence-corrected chi connectivity index (χ1v) is 4.43. The maximum Gasteiger partial charge on any atom is 0.0800 e. The molecule has 0 unspecified atom stereocenters. The van der Waals surface area contributed by atoms with Gasteiger partial charge in [0.1, 0.15) is 0 Å². The van der Waals surface area contributed by atoms with Crippen molar-refractivity contribution in [2.24, 2.45) is 5.41 Å². The number of hydrogen-bond acceptors (Lipinski definition) is 1. The van der Waals surface area contributed by atoms with Gasteiger partial charge in [-0.1, -0.05) is 0 Å². The fraction of sp³-hybridized carbons (Fsp3) is 0.889. The quantitative estimate of drug-likeness (QED) is 0.476. The summed E-state index contributed by atoms with van der Waals surface area (Å²) in [5.41, 5.74) is 0.0933. The van der Waals surface area contributed by atoms with E-state index in [2.05, 4.69) is 13.1 Å². The third kappa shape index (κ3) is 0.954. The molecule has 3 aliphatic heterocycles. The maximum atomic E-state index is 8.99. The monoisotopic (exact) mass is 151 g/mol. The van der Waals surface area contributed by atoms with Crippen LogP contribution < -0.4 is 0 Å². The Morgan fingerprint density at radius 2 is 1.64 bits per heavy atom. The van der Waals surface area contributed by atoms with Crippen LogP contribution in [-0.4, -0.2) is 31.2 Å². The average Bonchev–Trinajstić information content (AvgIpc) is 2.07. The van der Waals surface area contributed by atoms with Gasteiger partial charge in [0.05, 0.1) is 38.2 Å². The van der Waals surface area contributed by atoms with E-state index in [1.165, 1.54) is 24.1 Å². The van der Waals surface area contributed by atoms with Crippen LogP contribution in [0.5, 0.6) is 0 Å². The molecule has 0 atom stereocenters. The summed E-state index contributed by atoms with van der Waals surface area (Å²) in [6.07, 6.45) is 3.42. The van der Waals surface area contributed by atoms with Gasteiger partial charge in [-0.25, -0.2) is 0 Å². The highest BCUT2D eigenvalue weighted by Crippen LogP contribution is 2.42. The van der Waals surface area contributed by atoms with E-state index in [9.17, 15) is 0 Å². The predicted molar refractivity (Wildman–Crippen MR) is 42.7 cm³/mol. The zero-order valence-electron chi connectivity index (χ0n) is 7.14. The Morgan fingerprint density at radius 1 is 1.18 bits per heavy atom. The van der Waals surface area contributed by atoms with E-state index in [-0.39, 0.29) is 5.41 Å². The van der Waals surface area contributed by atoms with Crippen molar-refractivity contribution in [3.05, 3.63) is 0 Å². The minimum atomic E-state index is 0.0933. The molecular formula is C9H15N2+. The van der Waals surface area contributed by atoms with Gasteiger partial charge in [0, 0.05) is 19.3 Å². The van der Waals surface area contributed by atoms with Crippen molar-refractivity contribution in [3.8, 4) is 6.07 Å². The Kier molecular flexibility index (Phi) is 1.28. The molecule has 0 amide bonds. The van der Waals surface area contributed by atoms with Crippen LogP contribution in [0.25, 0.3) is 0 Å². The number of nitriles is 1. The normalized spacial score (nSPS) is 48.7. The van der Waals surface area contributed by atoms with E-state index in [0.717, 1.165) is 19.3 Å². The molecular weight excluding hydrogens is 136 g/mol. The number of nitrogens with zero attached hydrogens (tertiary/aromatic N) is 2. The van der Waals surface area contributed by atoms with E-state index < -0.39 is 0 Å². The van der Waals surface area contributed by atoms with Crippen LogP contribution in [0.2, 0.25) is 0 Å². The van der Waals surface area contributed by atoms with E-state index in [1.54, 1.807) is 0 Å². The molecule has 2 bridgehead atoms. The topological polar surface area (TPSA) is 23.8 Å². The van der Waals surface area contributed by atoms with Crippen molar-refractivity contribution in [2.45, 2.75) is 19.3 Å². The Bertz CT molecular complexity index is 190. The molecule has 60 valence electrons. The van der Waals surface area contributed by atoms with Crippen LogP contribution >= 0.6 is 0 Å². The lowest BCUT2D eigenvalue weighted by molar-refractivity contribution is -0.926. The summed E-state index contributed by atoms with van der Waals surface area (Å²) in [5.74, 6) is 0. The molecule has 2 heteroatoms. The third-order valence-corrected chi connectivity index (χ3v) is 3.63. The molecule has 0 radical (unpaired) electrons. The van der Waals surface area contributed by atoms with E-state index in [4.69, 9.17) is 5.26 Å². The smallest absolute Gasteiger partial charge is 0.0800 e. The van der Waals surface area contributed by atoms with Crippen LogP contribution in [0.4, 0.5) is 0 Å². The first-order chi connectivity index (χ1) is 5.18. The van der Waals surface area contributed by atoms with Gasteiger partial charge >= 0.3 is 0 Å². The number of rotatable bonds is 0. The van der Waals surface area contributed by atoms with Crippen molar-refractivity contribution in [3.63, 3.8) is 0 Å². The highest BCUT2D eigenvalue weighted by atomic mass is 15.3. The molecule has 0 N–H and O–H groups in total. The Labute approximate surface area is 68.0 Å². The molecule has 3 fully saturated rings. The molecule has 0 aliphatic carbocycles. The molecule has 3 rings (SSSR count). The number of fused-ring (bicyclic) bond motifs is 3. The minimum Gasteiger partial charge on any atom is -0.326 e. The first-order valence-electron chi connectivity index (χ1n) is 4.43. The largest absolute Gasteiger partial charge is 0.326 e. The van der Waals surface area contributed by atoms with Gasteiger partial charge in [0.2, 0.25) is 0 Å². The summed E-state index contributed by atoms with van der Waals surface area (Å²) in [5, 5.41) is 8.99. The van der Waals surface area contributed by atoms with Gasteiger partial charge < -0.3 is 4.48 Å². The third-order valence-electron chi connectivity index (χ3n) is 3.63. The molecule has 0 aromatic rings. The van der Waals surface area contributed by atoms with Gasteiger partial charge in [0.15, 0.2) is 0 Å². The Balaban J connectivity index is 2.20. The van der Waals surface area contributed by atoms with Crippen LogP contribution in [0.15, 0.2) is 0 Å². The zero-order chi connectivity index (χ0) is 7.95. The van der Waals surface area contributed by atoms with E-state index >= 15 is 0 Å². The van der Waals surface area contributed by atoms with Crippen molar-refractivity contribution >= 4 is 0 Å². The SMILES string of the molecule is C[N+]12CCC(C#N)(CC1)CC2. The first kappa shape index (κ1) is 7.12. The molecule has 0 aromatic carbocycles. The van der Waals surface area contributed by atoms with Crippen LogP contribution in [0.3, 0.4) is 0 Å². The van der Waals surface area contributed by atoms with E-state index in [0.29, 0.717) is 0 Å². The Hall–Kier alpha value is -0.550. The van der Waals surface area contributed by atoms with Crippen LogP contribution in [0, 0.1) is 16.7 Å². The molecule has 2 nitrogen and oxygen atoms in total. The lowest BCUT2D eigenvalue weighted by Crippen LogP contribution is -2.58. The molecule has 11 heavy (non-hydrogen) atoms. The fourth-order valence-corrected chi connectivity index (χ4v) is 2.33. The molecule has 3 saturated heterocycles. The Morgan fingerprint density at radius 3 is 2.00 bits per heavy atom. The lowest BCUT2D eigenvalue weighted by atomic mass is 9.72. The number of piperidine rings is 3. The summed E-state index contributed by atoms with van der Waals surface area (Å²) in [6.45, 7) is 3.69. The molecule has 0 aromatic heterocycles. The van der Waals surface area contributed by atoms with Crippen LogP contribution in [-0.2, 0) is 0 Å². The molecule has 0 saturated carbocycles. The van der Waals surface area contributed by atoms with Crippen molar-refractivity contribution in [1.82, 2.24) is 0 Å². The van der Waals surface area contributed by atoms with Gasteiger partial charge in [-0.3, -0.25) is 0 Å². The predicted octanol–water partition coefficient (Wildman–Crippen LogP) is 1.14. The summed E-state index contributed by atoms with van der Waals surface area (Å²) in [4.78, 5) is 0. The second-order valence-electron chi connectivity index (χ2n) is 4.43. The van der Waals surface area contributed by atoms with Gasteiger partial charge in [-0.15, -0.1) is 0 Å². The van der Waals surface area contributed by atoms with Crippen molar-refractivity contribution in [1.29, 1.82) is 5.26 Å². The highest BCUT2D eigenvalue weighted by Gasteiger charge is 2.47. The number of hydrogen-bond donors (Lipinski definition) is 0. The maximum absolute atomic E-state index is 8.99. The molecule has 3 aliphatic rings. The number of quaternary nitrogens is 1. The average molecular weight is 151 g/mol. The van der Waals surface area contributed by atoms with Crippen molar-refractivity contribution < 1.29 is 4.48 Å². The van der Waals surface area contributed by atoms with Crippen LogP contribution in [0.1, 0.15) is 19.3 Å². The van der Waals surface area contributed by atoms with Gasteiger partial charge in [-0.2, -0.15) is 5.26 Å². The second-order valence-corrected chi connectivity index (χ2v) is 4.43. The summed E-state index contributed by atoms with van der Waals surface area (Å²) in [7, 11) is 2.32. The van der Waals surface area contributed by atoms with Gasteiger partial charge in [-0.05, 0) is 0 Å². The molecule has 0 spiro atoms. The van der Waals surface area contributed by atoms with Gasteiger partial charge in [0.25, 0.3) is 0 Å². The summed E-state index contributed by atoms with van der Waals surface area (Å²) >= 11 is 0. The minimum absolute atomic E-state index is 0.0933. The standard InChI is InChI=1S/C9H15N2/c1-11-5-2-9(8-10,3-6-11)4-7-11/h2-7H2,1H3/q+1. The summed E-state index contributed by atoms with van der Waals surface area (Å²) < 4.78 is 1.23. The highest BCUT2D eigenvalue weighted by molar-refractivity contribution is 5.02. The molecule has 3 heterocycles. The fourth-order valence-electron chi connectivity index (χ4n) is 2.33. The van der Waals surface area contributed by atoms with E-state index in [1.807, 2.05) is 0 Å².